The third-order valence-electron chi connectivity index (χ3n) is 3.92. The van der Waals surface area contributed by atoms with Crippen molar-refractivity contribution in [2.75, 3.05) is 11.5 Å². The smallest absolute Gasteiger partial charge is 0.150 e. The first kappa shape index (κ1) is 14.3. The highest BCUT2D eigenvalue weighted by Gasteiger charge is 2.22. The Bertz CT molecular complexity index is 664. The summed E-state index contributed by atoms with van der Waals surface area (Å²) in [4.78, 5) is 0. The van der Waals surface area contributed by atoms with Crippen LogP contribution in [-0.4, -0.2) is 36.2 Å². The first-order chi connectivity index (χ1) is 10.1. The molecule has 21 heavy (non-hydrogen) atoms. The summed E-state index contributed by atoms with van der Waals surface area (Å²) < 4.78 is 22.8. The van der Waals surface area contributed by atoms with Crippen molar-refractivity contribution in [1.82, 2.24) is 15.5 Å². The number of nitrogens with one attached hydrogen (secondary N) is 2. The Balaban J connectivity index is 1.54. The zero-order chi connectivity index (χ0) is 14.7. The molecule has 0 saturated carbocycles. The van der Waals surface area contributed by atoms with Crippen molar-refractivity contribution < 1.29 is 8.42 Å². The number of benzene rings is 1. The van der Waals surface area contributed by atoms with Gasteiger partial charge in [0.15, 0.2) is 0 Å². The van der Waals surface area contributed by atoms with Crippen LogP contribution < -0.4 is 5.32 Å². The van der Waals surface area contributed by atoms with E-state index in [4.69, 9.17) is 0 Å². The molecule has 0 aliphatic carbocycles. The van der Waals surface area contributed by atoms with Crippen molar-refractivity contribution in [2.24, 2.45) is 0 Å². The Labute approximate surface area is 124 Å². The zero-order valence-corrected chi connectivity index (χ0v) is 12.6. The fourth-order valence-corrected chi connectivity index (χ4v) is 4.07. The molecule has 1 aromatic heterocycles. The second kappa shape index (κ2) is 5.99. The van der Waals surface area contributed by atoms with Crippen molar-refractivity contribution in [3.63, 3.8) is 0 Å². The van der Waals surface area contributed by atoms with Gasteiger partial charge in [-0.25, -0.2) is 8.42 Å². The first-order valence-electron chi connectivity index (χ1n) is 7.15. The van der Waals surface area contributed by atoms with E-state index in [0.717, 1.165) is 17.8 Å². The molecule has 0 atom stereocenters. The van der Waals surface area contributed by atoms with Crippen LogP contribution in [0.25, 0.3) is 11.3 Å². The number of sulfone groups is 1. The Morgan fingerprint density at radius 2 is 1.86 bits per heavy atom. The predicted molar refractivity (Wildman–Crippen MR) is 82.5 cm³/mol. The lowest BCUT2D eigenvalue weighted by Crippen LogP contribution is -2.37. The Morgan fingerprint density at radius 3 is 2.48 bits per heavy atom. The molecule has 1 saturated heterocycles. The van der Waals surface area contributed by atoms with Crippen molar-refractivity contribution in [1.29, 1.82) is 0 Å². The maximum atomic E-state index is 11.4. The SMILES string of the molecule is O=S1(=O)CCC(NCc2ccc(-c3ccn[nH]3)cc2)CC1. The van der Waals surface area contributed by atoms with Gasteiger partial charge in [0.2, 0.25) is 0 Å². The number of aromatic nitrogens is 2. The van der Waals surface area contributed by atoms with E-state index in [0.29, 0.717) is 30.4 Å². The van der Waals surface area contributed by atoms with Crippen molar-refractivity contribution in [3.05, 3.63) is 42.1 Å². The van der Waals surface area contributed by atoms with Crippen molar-refractivity contribution in [3.8, 4) is 11.3 Å². The van der Waals surface area contributed by atoms with Gasteiger partial charge in [-0.1, -0.05) is 24.3 Å². The topological polar surface area (TPSA) is 74.8 Å². The summed E-state index contributed by atoms with van der Waals surface area (Å²) in [5.41, 5.74) is 3.32. The highest BCUT2D eigenvalue weighted by Crippen LogP contribution is 2.17. The average Bonchev–Trinajstić information content (AvgIpc) is 3.01. The fourth-order valence-electron chi connectivity index (χ4n) is 2.58. The summed E-state index contributed by atoms with van der Waals surface area (Å²) in [6.07, 6.45) is 3.17. The van der Waals surface area contributed by atoms with Crippen LogP contribution in [0.2, 0.25) is 0 Å². The van der Waals surface area contributed by atoms with Crippen LogP contribution >= 0.6 is 0 Å². The largest absolute Gasteiger partial charge is 0.310 e. The van der Waals surface area contributed by atoms with Gasteiger partial charge in [-0.2, -0.15) is 5.10 Å². The van der Waals surface area contributed by atoms with E-state index in [1.807, 2.05) is 6.07 Å². The molecule has 1 aliphatic heterocycles. The maximum Gasteiger partial charge on any atom is 0.150 e. The molecule has 1 aliphatic rings. The van der Waals surface area contributed by atoms with Crippen LogP contribution in [0.3, 0.4) is 0 Å². The second-order valence-corrected chi connectivity index (χ2v) is 7.78. The summed E-state index contributed by atoms with van der Waals surface area (Å²) in [5.74, 6) is 0.618. The Kier molecular flexibility index (Phi) is 4.07. The summed E-state index contributed by atoms with van der Waals surface area (Å²) in [6.45, 7) is 0.772. The van der Waals surface area contributed by atoms with Crippen LogP contribution in [0.15, 0.2) is 36.5 Å². The monoisotopic (exact) mass is 305 g/mol. The maximum absolute atomic E-state index is 11.4. The number of rotatable bonds is 4. The normalized spacial score (nSPS) is 18.7. The van der Waals surface area contributed by atoms with E-state index in [-0.39, 0.29) is 0 Å². The van der Waals surface area contributed by atoms with Crippen molar-refractivity contribution >= 4 is 9.84 Å². The van der Waals surface area contributed by atoms with Gasteiger partial charge in [0.1, 0.15) is 9.84 Å². The molecule has 0 amide bonds. The lowest BCUT2D eigenvalue weighted by atomic mass is 10.1. The summed E-state index contributed by atoms with van der Waals surface area (Å²) in [7, 11) is -2.78. The summed E-state index contributed by atoms with van der Waals surface area (Å²) >= 11 is 0. The van der Waals surface area contributed by atoms with Gasteiger partial charge in [0.05, 0.1) is 17.2 Å². The van der Waals surface area contributed by atoms with Crippen molar-refractivity contribution in [2.45, 2.75) is 25.4 Å². The highest BCUT2D eigenvalue weighted by atomic mass is 32.2. The molecule has 2 heterocycles. The van der Waals surface area contributed by atoms with Crippen LogP contribution in [0.5, 0.6) is 0 Å². The predicted octanol–water partition coefficient (Wildman–Crippen LogP) is 1.74. The fraction of sp³-hybridized carbons (Fsp3) is 0.400. The van der Waals surface area contributed by atoms with Gasteiger partial charge < -0.3 is 5.32 Å². The minimum absolute atomic E-state index is 0.306. The van der Waals surface area contributed by atoms with Gasteiger partial charge >= 0.3 is 0 Å². The molecule has 3 rings (SSSR count). The van der Waals surface area contributed by atoms with Gasteiger partial charge in [-0.05, 0) is 30.0 Å². The van der Waals surface area contributed by atoms with E-state index in [1.54, 1.807) is 6.20 Å². The lowest BCUT2D eigenvalue weighted by Gasteiger charge is -2.23. The quantitative estimate of drug-likeness (QED) is 0.902. The summed E-state index contributed by atoms with van der Waals surface area (Å²) in [6, 6.07) is 10.5. The number of H-pyrrole nitrogens is 1. The highest BCUT2D eigenvalue weighted by molar-refractivity contribution is 7.91. The molecule has 0 unspecified atom stereocenters. The zero-order valence-electron chi connectivity index (χ0n) is 11.7. The minimum Gasteiger partial charge on any atom is -0.310 e. The first-order valence-corrected chi connectivity index (χ1v) is 8.97. The number of nitrogens with zero attached hydrogens (tertiary/aromatic N) is 1. The van der Waals surface area contributed by atoms with Gasteiger partial charge in [-0.3, -0.25) is 5.10 Å². The van der Waals surface area contributed by atoms with E-state index in [2.05, 4.69) is 39.8 Å². The molecule has 6 heteroatoms. The molecular formula is C15H19N3O2S. The second-order valence-electron chi connectivity index (χ2n) is 5.47. The molecule has 0 radical (unpaired) electrons. The third kappa shape index (κ3) is 3.71. The van der Waals surface area contributed by atoms with Gasteiger partial charge in [-0.15, -0.1) is 0 Å². The number of hydrogen-bond acceptors (Lipinski definition) is 4. The van der Waals surface area contributed by atoms with Crippen LogP contribution in [0.1, 0.15) is 18.4 Å². The Hall–Kier alpha value is -1.66. The lowest BCUT2D eigenvalue weighted by molar-refractivity contribution is 0.463. The average molecular weight is 305 g/mol. The minimum atomic E-state index is -2.78. The molecule has 1 aromatic carbocycles. The molecule has 2 aromatic rings. The molecule has 2 N–H and O–H groups in total. The van der Waals surface area contributed by atoms with Crippen LogP contribution in [0.4, 0.5) is 0 Å². The number of hydrogen-bond donors (Lipinski definition) is 2. The molecule has 1 fully saturated rings. The summed E-state index contributed by atoms with van der Waals surface area (Å²) in [5, 5.41) is 10.3. The van der Waals surface area contributed by atoms with Crippen LogP contribution in [0, 0.1) is 0 Å². The standard InChI is InChI=1S/C15H19N3O2S/c19-21(20)9-6-14(7-10-21)16-11-12-1-3-13(4-2-12)15-5-8-17-18-15/h1-5,8,14,16H,6-7,9-11H2,(H,17,18). The Morgan fingerprint density at radius 1 is 1.14 bits per heavy atom. The van der Waals surface area contributed by atoms with E-state index >= 15 is 0 Å². The molecule has 5 nitrogen and oxygen atoms in total. The molecular weight excluding hydrogens is 286 g/mol. The number of aromatic amines is 1. The molecule has 112 valence electrons. The third-order valence-corrected chi connectivity index (χ3v) is 5.63. The van der Waals surface area contributed by atoms with E-state index in [1.165, 1.54) is 5.56 Å². The molecule has 0 bridgehead atoms. The van der Waals surface area contributed by atoms with Crippen LogP contribution in [-0.2, 0) is 16.4 Å². The van der Waals surface area contributed by atoms with E-state index in [9.17, 15) is 8.42 Å². The molecule has 0 spiro atoms. The van der Waals surface area contributed by atoms with Gasteiger partial charge in [0.25, 0.3) is 0 Å². The van der Waals surface area contributed by atoms with Gasteiger partial charge in [0, 0.05) is 18.8 Å². The van der Waals surface area contributed by atoms with E-state index < -0.39 is 9.84 Å².